The third-order valence-electron chi connectivity index (χ3n) is 4.10. The van der Waals surface area contributed by atoms with Crippen molar-refractivity contribution in [2.45, 2.75) is 63.3 Å². The average molecular weight is 363 g/mol. The van der Waals surface area contributed by atoms with Crippen molar-refractivity contribution in [2.75, 3.05) is 39.6 Å². The van der Waals surface area contributed by atoms with E-state index < -0.39 is 16.6 Å². The average Bonchev–Trinajstić information content (AvgIpc) is 3.31. The van der Waals surface area contributed by atoms with E-state index in [9.17, 15) is 0 Å². The summed E-state index contributed by atoms with van der Waals surface area (Å²) in [5.41, 5.74) is 0. The maximum atomic E-state index is 6.62. The van der Waals surface area contributed by atoms with Gasteiger partial charge in [-0.05, 0) is 51.1 Å². The molecule has 0 bridgehead atoms. The van der Waals surface area contributed by atoms with Gasteiger partial charge in [0, 0.05) is 13.2 Å². The van der Waals surface area contributed by atoms with Crippen molar-refractivity contribution in [3.63, 3.8) is 0 Å². The van der Waals surface area contributed by atoms with Gasteiger partial charge in [-0.15, -0.1) is 0 Å². The van der Waals surface area contributed by atoms with E-state index in [1.165, 1.54) is 12.1 Å². The summed E-state index contributed by atoms with van der Waals surface area (Å²) in [4.78, 5) is 0. The molecule has 0 spiro atoms. The van der Waals surface area contributed by atoms with E-state index in [1.54, 1.807) is 0 Å². The molecule has 2 aliphatic heterocycles. The first-order valence-corrected chi connectivity index (χ1v) is 15.2. The molecule has 2 saturated heterocycles. The first kappa shape index (κ1) is 19.6. The zero-order chi connectivity index (χ0) is 16.8. The number of hydrogen-bond donors (Lipinski definition) is 0. The molecule has 0 amide bonds. The quantitative estimate of drug-likeness (QED) is 0.270. The summed E-state index contributed by atoms with van der Waals surface area (Å²) in [6, 6.07) is 2.34. The monoisotopic (exact) mass is 362 g/mol. The maximum Gasteiger partial charge on any atom is 0.173 e. The largest absolute Gasteiger partial charge is 0.455 e. The Morgan fingerprint density at radius 1 is 0.783 bits per heavy atom. The summed E-state index contributed by atoms with van der Waals surface area (Å²) < 4.78 is 28.2. The summed E-state index contributed by atoms with van der Waals surface area (Å²) >= 11 is 0. The van der Waals surface area contributed by atoms with Crippen molar-refractivity contribution in [3.8, 4) is 0 Å². The minimum atomic E-state index is -1.59. The Hall–Kier alpha value is 0.234. The highest BCUT2D eigenvalue weighted by Crippen LogP contribution is 2.24. The van der Waals surface area contributed by atoms with E-state index in [4.69, 9.17) is 23.1 Å². The molecular weight excluding hydrogens is 328 g/mol. The molecule has 0 radical (unpaired) electrons. The first-order valence-electron chi connectivity index (χ1n) is 8.95. The van der Waals surface area contributed by atoms with Crippen LogP contribution in [-0.4, -0.2) is 68.5 Å². The minimum absolute atomic E-state index is 0.372. The standard InChI is InChI=1S/C16H34O5Si2/c1-22(2,9-5-7-17-11-15-13-19-15)21-23(3,4)10-6-8-18-12-16-14-20-16/h15-16H,5-14H2,1-4H3. The second-order valence-electron chi connectivity index (χ2n) is 7.89. The summed E-state index contributed by atoms with van der Waals surface area (Å²) in [6.07, 6.45) is 2.94. The van der Waals surface area contributed by atoms with E-state index in [0.717, 1.165) is 52.5 Å². The smallest absolute Gasteiger partial charge is 0.173 e. The second kappa shape index (κ2) is 9.08. The summed E-state index contributed by atoms with van der Waals surface area (Å²) in [5.74, 6) is 0. The van der Waals surface area contributed by atoms with Crippen LogP contribution >= 0.6 is 0 Å². The lowest BCUT2D eigenvalue weighted by Crippen LogP contribution is -2.44. The van der Waals surface area contributed by atoms with E-state index in [2.05, 4.69) is 26.2 Å². The topological polar surface area (TPSA) is 52.8 Å². The molecule has 2 rings (SSSR count). The van der Waals surface area contributed by atoms with Gasteiger partial charge in [0.15, 0.2) is 16.6 Å². The Morgan fingerprint density at radius 3 is 1.52 bits per heavy atom. The predicted octanol–water partition coefficient (Wildman–Crippen LogP) is 3.02. The van der Waals surface area contributed by atoms with Crippen LogP contribution in [0.25, 0.3) is 0 Å². The van der Waals surface area contributed by atoms with Gasteiger partial charge in [0.25, 0.3) is 0 Å². The lowest BCUT2D eigenvalue weighted by molar-refractivity contribution is 0.116. The molecule has 5 nitrogen and oxygen atoms in total. The van der Waals surface area contributed by atoms with Crippen LogP contribution in [0.2, 0.25) is 38.3 Å². The zero-order valence-corrected chi connectivity index (χ0v) is 17.3. The van der Waals surface area contributed by atoms with Gasteiger partial charge in [-0.3, -0.25) is 0 Å². The van der Waals surface area contributed by atoms with Crippen molar-refractivity contribution < 1.29 is 23.1 Å². The number of ether oxygens (including phenoxy) is 4. The Morgan fingerprint density at radius 2 is 1.17 bits per heavy atom. The molecule has 2 unspecified atom stereocenters. The fourth-order valence-electron chi connectivity index (χ4n) is 2.81. The minimum Gasteiger partial charge on any atom is -0.455 e. The van der Waals surface area contributed by atoms with E-state index in [1.807, 2.05) is 0 Å². The van der Waals surface area contributed by atoms with Crippen LogP contribution in [0, 0.1) is 0 Å². The SMILES string of the molecule is C[Si](C)(CCCOCC1CO1)O[Si](C)(C)CCCOCC1CO1. The van der Waals surface area contributed by atoms with Crippen LogP contribution in [0.4, 0.5) is 0 Å². The molecule has 2 fully saturated rings. The second-order valence-corrected chi connectivity index (χ2v) is 16.7. The molecule has 136 valence electrons. The Labute approximate surface area is 143 Å². The molecule has 2 atom stereocenters. The molecule has 0 aliphatic carbocycles. The highest BCUT2D eigenvalue weighted by atomic mass is 28.4. The van der Waals surface area contributed by atoms with Gasteiger partial charge in [0.1, 0.15) is 12.2 Å². The Kier molecular flexibility index (Phi) is 7.72. The fourth-order valence-corrected chi connectivity index (χ4v) is 11.6. The van der Waals surface area contributed by atoms with Crippen LogP contribution in [0.15, 0.2) is 0 Å². The molecule has 7 heteroatoms. The molecule has 2 heterocycles. The third kappa shape index (κ3) is 9.96. The van der Waals surface area contributed by atoms with Gasteiger partial charge in [0.2, 0.25) is 0 Å². The van der Waals surface area contributed by atoms with Gasteiger partial charge in [-0.2, -0.15) is 0 Å². The normalized spacial score (nSPS) is 24.0. The summed E-state index contributed by atoms with van der Waals surface area (Å²) in [7, 11) is -3.17. The van der Waals surface area contributed by atoms with Gasteiger partial charge in [-0.25, -0.2) is 0 Å². The molecule has 2 aliphatic rings. The molecular formula is C16H34O5Si2. The number of rotatable bonds is 14. The first-order chi connectivity index (χ1) is 10.9. The van der Waals surface area contributed by atoms with Gasteiger partial charge >= 0.3 is 0 Å². The van der Waals surface area contributed by atoms with Crippen molar-refractivity contribution in [3.05, 3.63) is 0 Å². The van der Waals surface area contributed by atoms with Gasteiger partial charge in [-0.1, -0.05) is 0 Å². The molecule has 23 heavy (non-hydrogen) atoms. The van der Waals surface area contributed by atoms with Crippen LogP contribution < -0.4 is 0 Å². The van der Waals surface area contributed by atoms with Crippen molar-refractivity contribution in [1.29, 1.82) is 0 Å². The zero-order valence-electron chi connectivity index (χ0n) is 15.3. The van der Waals surface area contributed by atoms with Crippen molar-refractivity contribution in [1.82, 2.24) is 0 Å². The predicted molar refractivity (Wildman–Crippen MR) is 96.0 cm³/mol. The Balaban J connectivity index is 1.50. The van der Waals surface area contributed by atoms with Crippen LogP contribution in [0.5, 0.6) is 0 Å². The molecule has 0 aromatic rings. The highest BCUT2D eigenvalue weighted by Gasteiger charge is 2.32. The van der Waals surface area contributed by atoms with Crippen molar-refractivity contribution >= 4 is 16.6 Å². The fraction of sp³-hybridized carbons (Fsp3) is 1.00. The van der Waals surface area contributed by atoms with E-state index in [-0.39, 0.29) is 0 Å². The summed E-state index contributed by atoms with van der Waals surface area (Å²) in [5, 5.41) is 0. The van der Waals surface area contributed by atoms with Crippen LogP contribution in [0.3, 0.4) is 0 Å². The molecule has 0 aromatic carbocycles. The molecule has 0 aromatic heterocycles. The molecule has 0 saturated carbocycles. The Bertz CT molecular complexity index is 311. The lowest BCUT2D eigenvalue weighted by Gasteiger charge is -2.34. The third-order valence-corrected chi connectivity index (χ3v) is 11.6. The number of epoxide rings is 2. The lowest BCUT2D eigenvalue weighted by atomic mass is 10.5. The molecule has 0 N–H and O–H groups in total. The van der Waals surface area contributed by atoms with Crippen molar-refractivity contribution in [2.24, 2.45) is 0 Å². The summed E-state index contributed by atoms with van der Waals surface area (Å²) in [6.45, 7) is 14.3. The van der Waals surface area contributed by atoms with E-state index >= 15 is 0 Å². The van der Waals surface area contributed by atoms with Gasteiger partial charge in [0.05, 0.1) is 26.4 Å². The highest BCUT2D eigenvalue weighted by molar-refractivity contribution is 6.84. The van der Waals surface area contributed by atoms with Crippen LogP contribution in [0.1, 0.15) is 12.8 Å². The van der Waals surface area contributed by atoms with Crippen LogP contribution in [-0.2, 0) is 23.1 Å². The van der Waals surface area contributed by atoms with Gasteiger partial charge < -0.3 is 23.1 Å². The maximum absolute atomic E-state index is 6.62. The van der Waals surface area contributed by atoms with E-state index in [0.29, 0.717) is 12.2 Å². The number of hydrogen-bond acceptors (Lipinski definition) is 5.